The molecule has 4 heteroatoms. The Morgan fingerprint density at radius 2 is 2.00 bits per heavy atom. The highest BCUT2D eigenvalue weighted by Gasteiger charge is 2.20. The minimum Gasteiger partial charge on any atom is -0.437 e. The summed E-state index contributed by atoms with van der Waals surface area (Å²) in [5.41, 5.74) is 8.70. The van der Waals surface area contributed by atoms with Crippen molar-refractivity contribution in [3.05, 3.63) is 41.9 Å². The van der Waals surface area contributed by atoms with E-state index >= 15 is 0 Å². The molecule has 20 heavy (non-hydrogen) atoms. The number of nitrogens with two attached hydrogens (primary N) is 1. The van der Waals surface area contributed by atoms with Crippen molar-refractivity contribution in [2.75, 3.05) is 5.73 Å². The van der Waals surface area contributed by atoms with Gasteiger partial charge in [-0.1, -0.05) is 39.8 Å². The van der Waals surface area contributed by atoms with E-state index in [-0.39, 0.29) is 5.41 Å². The summed E-state index contributed by atoms with van der Waals surface area (Å²) in [5.74, 6) is 1.19. The minimum absolute atomic E-state index is 0.0116. The molecule has 2 rings (SSSR count). The lowest BCUT2D eigenvalue weighted by molar-refractivity contribution is 0.440. The van der Waals surface area contributed by atoms with Gasteiger partial charge in [-0.25, -0.2) is 4.98 Å². The van der Waals surface area contributed by atoms with Crippen LogP contribution in [0.25, 0.3) is 0 Å². The molecule has 2 aromatic rings. The number of hydrogen-bond acceptors (Lipinski definition) is 4. The first kappa shape index (κ1) is 14.3. The van der Waals surface area contributed by atoms with E-state index < -0.39 is 0 Å². The molecule has 4 nitrogen and oxygen atoms in total. The lowest BCUT2D eigenvalue weighted by atomic mass is 9.85. The van der Waals surface area contributed by atoms with E-state index in [1.165, 1.54) is 11.9 Å². The summed E-state index contributed by atoms with van der Waals surface area (Å²) in [6, 6.07) is 6.25. The van der Waals surface area contributed by atoms with Gasteiger partial charge in [0.1, 0.15) is 17.8 Å². The number of nitrogens with zero attached hydrogens (tertiary/aromatic N) is 2. The SMILES string of the molecule is CCc1ccc(Oc2ncncc2N)c(C(C)(C)C)c1. The quantitative estimate of drug-likeness (QED) is 0.924. The summed E-state index contributed by atoms with van der Waals surface area (Å²) in [7, 11) is 0. The Hall–Kier alpha value is -2.10. The van der Waals surface area contributed by atoms with Crippen LogP contribution in [0.1, 0.15) is 38.8 Å². The number of aryl methyl sites for hydroxylation is 1. The van der Waals surface area contributed by atoms with Crippen molar-refractivity contribution in [3.8, 4) is 11.6 Å². The van der Waals surface area contributed by atoms with Gasteiger partial charge in [-0.15, -0.1) is 0 Å². The molecule has 0 aliphatic carbocycles. The van der Waals surface area contributed by atoms with Crippen LogP contribution in [-0.2, 0) is 11.8 Å². The molecule has 0 spiro atoms. The molecule has 0 atom stereocenters. The van der Waals surface area contributed by atoms with Crippen molar-refractivity contribution in [2.24, 2.45) is 0 Å². The zero-order valence-electron chi connectivity index (χ0n) is 12.5. The van der Waals surface area contributed by atoms with Crippen molar-refractivity contribution < 1.29 is 4.74 Å². The maximum atomic E-state index is 5.89. The summed E-state index contributed by atoms with van der Waals surface area (Å²) in [6.45, 7) is 8.64. The van der Waals surface area contributed by atoms with Gasteiger partial charge >= 0.3 is 0 Å². The molecule has 0 fully saturated rings. The van der Waals surface area contributed by atoms with Crippen molar-refractivity contribution in [3.63, 3.8) is 0 Å². The van der Waals surface area contributed by atoms with E-state index in [1.54, 1.807) is 6.20 Å². The maximum Gasteiger partial charge on any atom is 0.245 e. The smallest absolute Gasteiger partial charge is 0.245 e. The first-order valence-electron chi connectivity index (χ1n) is 6.78. The van der Waals surface area contributed by atoms with Crippen LogP contribution < -0.4 is 10.5 Å². The Morgan fingerprint density at radius 3 is 2.60 bits per heavy atom. The van der Waals surface area contributed by atoms with Crippen molar-refractivity contribution in [2.45, 2.75) is 39.5 Å². The van der Waals surface area contributed by atoms with Gasteiger partial charge in [-0.2, -0.15) is 4.98 Å². The summed E-state index contributed by atoms with van der Waals surface area (Å²) in [4.78, 5) is 7.95. The Bertz CT molecular complexity index is 603. The van der Waals surface area contributed by atoms with Gasteiger partial charge in [0.25, 0.3) is 0 Å². The molecular formula is C16H21N3O. The Labute approximate surface area is 120 Å². The van der Waals surface area contributed by atoms with Crippen LogP contribution in [0.5, 0.6) is 11.6 Å². The molecule has 0 bridgehead atoms. The molecule has 0 saturated heterocycles. The van der Waals surface area contributed by atoms with Gasteiger partial charge < -0.3 is 10.5 Å². The van der Waals surface area contributed by atoms with Gasteiger partial charge in [-0.05, 0) is 23.5 Å². The number of ether oxygens (including phenoxy) is 1. The summed E-state index contributed by atoms with van der Waals surface area (Å²) in [5, 5.41) is 0. The molecule has 1 aromatic heterocycles. The number of anilines is 1. The second-order valence-corrected chi connectivity index (χ2v) is 5.82. The largest absolute Gasteiger partial charge is 0.437 e. The van der Waals surface area contributed by atoms with Gasteiger partial charge in [-0.3, -0.25) is 0 Å². The lowest BCUT2D eigenvalue weighted by Gasteiger charge is -2.23. The van der Waals surface area contributed by atoms with Crippen LogP contribution in [0.15, 0.2) is 30.7 Å². The first-order chi connectivity index (χ1) is 9.41. The number of hydrogen-bond donors (Lipinski definition) is 1. The maximum absolute atomic E-state index is 5.89. The summed E-state index contributed by atoms with van der Waals surface area (Å²) in [6.07, 6.45) is 3.97. The Balaban J connectivity index is 2.44. The highest BCUT2D eigenvalue weighted by atomic mass is 16.5. The van der Waals surface area contributed by atoms with Gasteiger partial charge in [0.15, 0.2) is 0 Å². The van der Waals surface area contributed by atoms with Gasteiger partial charge in [0.2, 0.25) is 5.88 Å². The Morgan fingerprint density at radius 1 is 1.25 bits per heavy atom. The van der Waals surface area contributed by atoms with Crippen LogP contribution in [0, 0.1) is 0 Å². The standard InChI is InChI=1S/C16H21N3O/c1-5-11-6-7-14(12(8-11)16(2,3)4)20-15-13(17)9-18-10-19-15/h6-10H,5,17H2,1-4H3. The minimum atomic E-state index is -0.0116. The summed E-state index contributed by atoms with van der Waals surface area (Å²) < 4.78 is 5.89. The van der Waals surface area contributed by atoms with Crippen LogP contribution in [0.4, 0.5) is 5.69 Å². The number of rotatable bonds is 3. The predicted molar refractivity (Wildman–Crippen MR) is 81.0 cm³/mol. The molecule has 0 radical (unpaired) electrons. The molecule has 0 aliphatic heterocycles. The molecule has 2 N–H and O–H groups in total. The van der Waals surface area contributed by atoms with E-state index in [1.807, 2.05) is 6.07 Å². The third kappa shape index (κ3) is 3.07. The van der Waals surface area contributed by atoms with Gasteiger partial charge in [0.05, 0.1) is 6.20 Å². The number of aromatic nitrogens is 2. The van der Waals surface area contributed by atoms with Crippen LogP contribution >= 0.6 is 0 Å². The number of nitrogen functional groups attached to an aromatic ring is 1. The van der Waals surface area contributed by atoms with Crippen molar-refractivity contribution in [1.82, 2.24) is 9.97 Å². The second kappa shape index (κ2) is 5.49. The fourth-order valence-corrected chi connectivity index (χ4v) is 1.99. The molecule has 0 saturated carbocycles. The topological polar surface area (TPSA) is 61.0 Å². The third-order valence-electron chi connectivity index (χ3n) is 3.17. The van der Waals surface area contributed by atoms with E-state index in [4.69, 9.17) is 10.5 Å². The number of benzene rings is 1. The zero-order chi connectivity index (χ0) is 14.8. The normalized spacial score (nSPS) is 11.4. The average molecular weight is 271 g/mol. The van der Waals surface area contributed by atoms with Gasteiger partial charge in [0, 0.05) is 5.56 Å². The van der Waals surface area contributed by atoms with E-state index in [9.17, 15) is 0 Å². The monoisotopic (exact) mass is 271 g/mol. The van der Waals surface area contributed by atoms with E-state index in [0.717, 1.165) is 17.7 Å². The highest BCUT2D eigenvalue weighted by molar-refractivity contribution is 5.49. The fourth-order valence-electron chi connectivity index (χ4n) is 1.99. The molecule has 1 heterocycles. The second-order valence-electron chi connectivity index (χ2n) is 5.82. The predicted octanol–water partition coefficient (Wildman–Crippen LogP) is 3.71. The lowest BCUT2D eigenvalue weighted by Crippen LogP contribution is -2.13. The van der Waals surface area contributed by atoms with Crippen LogP contribution in [-0.4, -0.2) is 9.97 Å². The third-order valence-corrected chi connectivity index (χ3v) is 3.17. The fraction of sp³-hybridized carbons (Fsp3) is 0.375. The van der Waals surface area contributed by atoms with Crippen LogP contribution in [0.2, 0.25) is 0 Å². The molecular weight excluding hydrogens is 250 g/mol. The van der Waals surface area contributed by atoms with Crippen LogP contribution in [0.3, 0.4) is 0 Å². The van der Waals surface area contributed by atoms with Crippen molar-refractivity contribution in [1.29, 1.82) is 0 Å². The zero-order valence-corrected chi connectivity index (χ0v) is 12.5. The van der Waals surface area contributed by atoms with E-state index in [0.29, 0.717) is 11.6 Å². The average Bonchev–Trinajstić information content (AvgIpc) is 2.40. The molecule has 1 aromatic carbocycles. The van der Waals surface area contributed by atoms with E-state index in [2.05, 4.69) is 49.8 Å². The summed E-state index contributed by atoms with van der Waals surface area (Å²) >= 11 is 0. The molecule has 0 aliphatic rings. The highest BCUT2D eigenvalue weighted by Crippen LogP contribution is 2.35. The molecule has 106 valence electrons. The first-order valence-corrected chi connectivity index (χ1v) is 6.78. The molecule has 0 unspecified atom stereocenters. The van der Waals surface area contributed by atoms with Crippen molar-refractivity contribution >= 4 is 5.69 Å². The molecule has 0 amide bonds. The Kier molecular flexibility index (Phi) is 3.93.